The molecule has 4 heteroatoms. The first-order valence-corrected chi connectivity index (χ1v) is 17.1. The van der Waals surface area contributed by atoms with Crippen molar-refractivity contribution in [2.45, 2.75) is 0 Å². The Kier molecular flexibility index (Phi) is 6.78. The summed E-state index contributed by atoms with van der Waals surface area (Å²) in [5.74, 6) is 1.81. The maximum Gasteiger partial charge on any atom is 0.167 e. The van der Waals surface area contributed by atoms with Gasteiger partial charge in [0.2, 0.25) is 0 Å². The zero-order valence-electron chi connectivity index (χ0n) is 27.5. The molecule has 10 aromatic rings. The van der Waals surface area contributed by atoms with Crippen LogP contribution in [0.5, 0.6) is 0 Å². The molecule has 51 heavy (non-hydrogen) atoms. The lowest BCUT2D eigenvalue weighted by molar-refractivity contribution is 0.673. The van der Waals surface area contributed by atoms with Gasteiger partial charge in [-0.15, -0.1) is 0 Å². The Morgan fingerprint density at radius 2 is 0.843 bits per heavy atom. The molecule has 0 spiro atoms. The van der Waals surface area contributed by atoms with E-state index in [9.17, 15) is 0 Å². The second kappa shape index (κ2) is 11.9. The number of para-hydroxylation sites is 1. The van der Waals surface area contributed by atoms with Gasteiger partial charge in [0.15, 0.2) is 17.5 Å². The second-order valence-corrected chi connectivity index (χ2v) is 12.8. The fourth-order valence-corrected chi connectivity index (χ4v) is 7.17. The molecular weight excluding hydrogens is 623 g/mol. The Hall–Kier alpha value is -6.91. The summed E-state index contributed by atoms with van der Waals surface area (Å²) in [7, 11) is 0. The summed E-state index contributed by atoms with van der Waals surface area (Å²) in [6.45, 7) is 0. The molecule has 0 fully saturated rings. The van der Waals surface area contributed by atoms with Gasteiger partial charge >= 0.3 is 0 Å². The van der Waals surface area contributed by atoms with Crippen molar-refractivity contribution in [3.05, 3.63) is 176 Å². The summed E-state index contributed by atoms with van der Waals surface area (Å²) >= 11 is 0. The van der Waals surface area contributed by atoms with Crippen LogP contribution in [0.25, 0.3) is 99.9 Å². The molecule has 8 aromatic carbocycles. The minimum Gasteiger partial charge on any atom is -0.455 e. The molecule has 0 atom stereocenters. The zero-order valence-corrected chi connectivity index (χ0v) is 27.5. The molecule has 4 nitrogen and oxygen atoms in total. The molecule has 0 radical (unpaired) electrons. The second-order valence-electron chi connectivity index (χ2n) is 12.8. The molecule has 238 valence electrons. The van der Waals surface area contributed by atoms with Crippen molar-refractivity contribution in [3.8, 4) is 56.4 Å². The molecule has 0 aliphatic heterocycles. The van der Waals surface area contributed by atoms with E-state index < -0.39 is 0 Å². The number of hydrogen-bond acceptors (Lipinski definition) is 4. The molecule has 0 unspecified atom stereocenters. The molecular formula is C47H29N3O. The molecule has 0 aliphatic rings. The Morgan fingerprint density at radius 3 is 1.57 bits per heavy atom. The maximum absolute atomic E-state index is 6.84. The lowest BCUT2D eigenvalue weighted by Gasteiger charge is -2.10. The molecule has 10 rings (SSSR count). The topological polar surface area (TPSA) is 51.8 Å². The Balaban J connectivity index is 1.14. The van der Waals surface area contributed by atoms with Crippen LogP contribution < -0.4 is 0 Å². The van der Waals surface area contributed by atoms with E-state index in [0.29, 0.717) is 17.5 Å². The molecule has 0 saturated heterocycles. The van der Waals surface area contributed by atoms with Gasteiger partial charge in [0.05, 0.1) is 5.56 Å². The van der Waals surface area contributed by atoms with Crippen LogP contribution in [-0.2, 0) is 0 Å². The van der Waals surface area contributed by atoms with Crippen molar-refractivity contribution in [1.29, 1.82) is 0 Å². The van der Waals surface area contributed by atoms with Crippen molar-refractivity contribution in [2.24, 2.45) is 0 Å². The number of nitrogens with zero attached hydrogens (tertiary/aromatic N) is 3. The van der Waals surface area contributed by atoms with E-state index in [0.717, 1.165) is 60.5 Å². The van der Waals surface area contributed by atoms with Crippen LogP contribution in [0, 0.1) is 0 Å². The Morgan fingerprint density at radius 1 is 0.294 bits per heavy atom. The molecule has 0 saturated carbocycles. The first-order valence-electron chi connectivity index (χ1n) is 17.1. The third-order valence-electron chi connectivity index (χ3n) is 9.72. The lowest BCUT2D eigenvalue weighted by atomic mass is 9.93. The minimum absolute atomic E-state index is 0.571. The number of hydrogen-bond donors (Lipinski definition) is 0. The van der Waals surface area contributed by atoms with Gasteiger partial charge in [-0.3, -0.25) is 0 Å². The van der Waals surface area contributed by atoms with Gasteiger partial charge in [0, 0.05) is 27.3 Å². The van der Waals surface area contributed by atoms with E-state index in [-0.39, 0.29) is 0 Å². The molecule has 0 bridgehead atoms. The first-order chi connectivity index (χ1) is 25.3. The molecule has 0 amide bonds. The predicted molar refractivity (Wildman–Crippen MR) is 209 cm³/mol. The van der Waals surface area contributed by atoms with Crippen LogP contribution in [0.4, 0.5) is 0 Å². The minimum atomic E-state index is 0.571. The summed E-state index contributed by atoms with van der Waals surface area (Å²) in [6.07, 6.45) is 0. The standard InChI is InChI=1S/C47H29N3O/c1-3-13-33(14-4-1)45-48-46(34-15-5-2-6-16-34)50-47(49-45)40-21-11-20-39-42-29-41(37-18-9-10-19-38(37)44(42)51-43(39)40)32-25-22-31(23-26-32)36-27-24-30-12-7-8-17-35(30)28-36/h1-29H. The van der Waals surface area contributed by atoms with Crippen LogP contribution in [0.15, 0.2) is 180 Å². The quantitative estimate of drug-likeness (QED) is 0.186. The van der Waals surface area contributed by atoms with Gasteiger partial charge in [0.25, 0.3) is 0 Å². The van der Waals surface area contributed by atoms with E-state index in [4.69, 9.17) is 19.4 Å². The van der Waals surface area contributed by atoms with Crippen molar-refractivity contribution < 1.29 is 4.42 Å². The lowest BCUT2D eigenvalue weighted by Crippen LogP contribution is -2.00. The van der Waals surface area contributed by atoms with E-state index in [1.807, 2.05) is 66.7 Å². The van der Waals surface area contributed by atoms with Crippen molar-refractivity contribution in [1.82, 2.24) is 15.0 Å². The van der Waals surface area contributed by atoms with Crippen LogP contribution in [0.3, 0.4) is 0 Å². The predicted octanol–water partition coefficient (Wildman–Crippen LogP) is 12.4. The van der Waals surface area contributed by atoms with Crippen LogP contribution in [0.2, 0.25) is 0 Å². The third-order valence-corrected chi connectivity index (χ3v) is 9.72. The van der Waals surface area contributed by atoms with Crippen molar-refractivity contribution in [3.63, 3.8) is 0 Å². The molecule has 2 aromatic heterocycles. The SMILES string of the molecule is c1ccc(-c2nc(-c3ccccc3)nc(-c3cccc4c3oc3c5ccccc5c(-c5ccc(-c6ccc7ccccc7c6)cc5)cc43)n2)cc1. The van der Waals surface area contributed by atoms with Crippen LogP contribution in [0.1, 0.15) is 0 Å². The van der Waals surface area contributed by atoms with E-state index in [1.54, 1.807) is 0 Å². The smallest absolute Gasteiger partial charge is 0.167 e. The van der Waals surface area contributed by atoms with Crippen molar-refractivity contribution in [2.75, 3.05) is 0 Å². The van der Waals surface area contributed by atoms with E-state index in [2.05, 4.69) is 109 Å². The Bertz CT molecular complexity index is 2840. The van der Waals surface area contributed by atoms with Gasteiger partial charge in [-0.05, 0) is 56.6 Å². The van der Waals surface area contributed by atoms with E-state index >= 15 is 0 Å². The van der Waals surface area contributed by atoms with Crippen LogP contribution in [-0.4, -0.2) is 15.0 Å². The largest absolute Gasteiger partial charge is 0.455 e. The van der Waals surface area contributed by atoms with Gasteiger partial charge in [-0.1, -0.05) is 158 Å². The number of aromatic nitrogens is 3. The summed E-state index contributed by atoms with van der Waals surface area (Å²) in [5, 5.41) is 6.77. The van der Waals surface area contributed by atoms with Gasteiger partial charge in [-0.25, -0.2) is 15.0 Å². The number of fused-ring (bicyclic) bond motifs is 6. The molecule has 0 N–H and O–H groups in total. The monoisotopic (exact) mass is 651 g/mol. The van der Waals surface area contributed by atoms with Gasteiger partial charge in [-0.2, -0.15) is 0 Å². The molecule has 2 heterocycles. The maximum atomic E-state index is 6.84. The highest BCUT2D eigenvalue weighted by atomic mass is 16.3. The van der Waals surface area contributed by atoms with E-state index in [1.165, 1.54) is 21.9 Å². The van der Waals surface area contributed by atoms with Gasteiger partial charge in [0.1, 0.15) is 11.2 Å². The fraction of sp³-hybridized carbons (Fsp3) is 0. The summed E-state index contributed by atoms with van der Waals surface area (Å²) in [5.41, 5.74) is 9.00. The molecule has 0 aliphatic carbocycles. The highest BCUT2D eigenvalue weighted by molar-refractivity contribution is 6.20. The highest BCUT2D eigenvalue weighted by Gasteiger charge is 2.20. The zero-order chi connectivity index (χ0) is 33.7. The fourth-order valence-electron chi connectivity index (χ4n) is 7.17. The number of rotatable bonds is 5. The third kappa shape index (κ3) is 5.04. The van der Waals surface area contributed by atoms with Gasteiger partial charge < -0.3 is 4.42 Å². The summed E-state index contributed by atoms with van der Waals surface area (Å²) in [4.78, 5) is 14.9. The first kappa shape index (κ1) is 29.0. The average molecular weight is 652 g/mol. The average Bonchev–Trinajstić information content (AvgIpc) is 3.60. The normalized spacial score (nSPS) is 11.5. The summed E-state index contributed by atoms with van der Waals surface area (Å²) < 4.78 is 6.84. The highest BCUT2D eigenvalue weighted by Crippen LogP contribution is 2.42. The number of benzene rings is 8. The van der Waals surface area contributed by atoms with Crippen molar-refractivity contribution >= 4 is 43.5 Å². The van der Waals surface area contributed by atoms with Crippen LogP contribution >= 0.6 is 0 Å². The summed E-state index contributed by atoms with van der Waals surface area (Å²) in [6, 6.07) is 61.2. The Labute approximate surface area is 294 Å². The number of furan rings is 1.